The Bertz CT molecular complexity index is 1030. The molecule has 8 heteroatoms. The lowest BCUT2D eigenvalue weighted by atomic mass is 10.1. The van der Waals surface area contributed by atoms with Gasteiger partial charge in [-0.05, 0) is 36.8 Å². The molecule has 2 aromatic rings. The number of Topliss-reactive ketones (excluding diaryl/α,β-unsaturated/α-hetero) is 1. The number of rotatable bonds is 9. The van der Waals surface area contributed by atoms with Crippen molar-refractivity contribution in [2.75, 3.05) is 19.8 Å². The highest BCUT2D eigenvalue weighted by Crippen LogP contribution is 2.23. The van der Waals surface area contributed by atoms with Crippen molar-refractivity contribution in [1.29, 1.82) is 0 Å². The van der Waals surface area contributed by atoms with Crippen LogP contribution < -0.4 is 0 Å². The lowest BCUT2D eigenvalue weighted by molar-refractivity contribution is -0.145. The molecule has 2 amide bonds. The van der Waals surface area contributed by atoms with E-state index in [2.05, 4.69) is 0 Å². The van der Waals surface area contributed by atoms with Crippen LogP contribution >= 0.6 is 11.6 Å². The molecule has 0 saturated carbocycles. The average molecular weight is 442 g/mol. The van der Waals surface area contributed by atoms with Gasteiger partial charge in [0.1, 0.15) is 13.0 Å². The van der Waals surface area contributed by atoms with Crippen molar-refractivity contribution >= 4 is 41.2 Å². The van der Waals surface area contributed by atoms with E-state index in [0.717, 1.165) is 4.90 Å². The number of allylic oxidation sites excluding steroid dienone is 1. The average Bonchev–Trinajstić information content (AvgIpc) is 2.99. The fourth-order valence-corrected chi connectivity index (χ4v) is 3.25. The van der Waals surface area contributed by atoms with Crippen LogP contribution in [0, 0.1) is 0 Å². The minimum atomic E-state index is -0.679. The summed E-state index contributed by atoms with van der Waals surface area (Å²) in [6.45, 7) is 1.60. The number of hydrogen-bond donors (Lipinski definition) is 0. The van der Waals surface area contributed by atoms with Crippen molar-refractivity contribution in [3.63, 3.8) is 0 Å². The lowest BCUT2D eigenvalue weighted by Gasteiger charge is -2.15. The summed E-state index contributed by atoms with van der Waals surface area (Å²) in [5.74, 6) is -2.22. The lowest BCUT2D eigenvalue weighted by Crippen LogP contribution is -2.33. The van der Waals surface area contributed by atoms with Crippen LogP contribution in [0.1, 0.15) is 39.6 Å². The molecule has 2 aromatic carbocycles. The van der Waals surface area contributed by atoms with Gasteiger partial charge in [-0.2, -0.15) is 0 Å². The third-order valence-electron chi connectivity index (χ3n) is 4.53. The molecule has 0 N–H and O–H groups in total. The van der Waals surface area contributed by atoms with Crippen molar-refractivity contribution in [3.05, 3.63) is 76.0 Å². The van der Waals surface area contributed by atoms with Crippen LogP contribution in [0.5, 0.6) is 0 Å². The molecule has 0 unspecified atom stereocenters. The molecule has 0 spiro atoms. The van der Waals surface area contributed by atoms with Crippen LogP contribution in [-0.4, -0.2) is 48.2 Å². The smallest absolute Gasteiger partial charge is 0.313 e. The molecule has 0 saturated heterocycles. The number of ketones is 1. The molecule has 1 aliphatic rings. The van der Waals surface area contributed by atoms with Crippen LogP contribution in [0.4, 0.5) is 0 Å². The van der Waals surface area contributed by atoms with Gasteiger partial charge in [0.05, 0.1) is 24.3 Å². The van der Waals surface area contributed by atoms with Gasteiger partial charge >= 0.3 is 5.97 Å². The predicted octanol–water partition coefficient (Wildman–Crippen LogP) is 3.52. The molecule has 31 heavy (non-hydrogen) atoms. The Morgan fingerprint density at radius 3 is 2.19 bits per heavy atom. The van der Waals surface area contributed by atoms with E-state index >= 15 is 0 Å². The normalized spacial score (nSPS) is 13.2. The van der Waals surface area contributed by atoms with Gasteiger partial charge in [0.15, 0.2) is 5.76 Å². The summed E-state index contributed by atoms with van der Waals surface area (Å²) in [6, 6.07) is 13.4. The third kappa shape index (κ3) is 5.19. The van der Waals surface area contributed by atoms with E-state index in [1.807, 2.05) is 0 Å². The highest BCUT2D eigenvalue weighted by atomic mass is 35.5. The van der Waals surface area contributed by atoms with Gasteiger partial charge in [-0.15, -0.1) is 0 Å². The molecule has 1 aliphatic heterocycles. The molecule has 0 radical (unpaired) electrons. The van der Waals surface area contributed by atoms with E-state index in [1.54, 1.807) is 55.5 Å². The van der Waals surface area contributed by atoms with Gasteiger partial charge in [-0.3, -0.25) is 24.1 Å². The predicted molar refractivity (Wildman–Crippen MR) is 113 cm³/mol. The Morgan fingerprint density at radius 2 is 1.58 bits per heavy atom. The van der Waals surface area contributed by atoms with Crippen LogP contribution in [0.25, 0.3) is 6.08 Å². The van der Waals surface area contributed by atoms with Crippen molar-refractivity contribution in [2.45, 2.75) is 13.3 Å². The molecule has 0 aliphatic carbocycles. The molecule has 1 heterocycles. The quantitative estimate of drug-likeness (QED) is 0.194. The highest BCUT2D eigenvalue weighted by Gasteiger charge is 2.34. The minimum Gasteiger partial charge on any atom is -0.488 e. The van der Waals surface area contributed by atoms with Crippen LogP contribution in [-0.2, 0) is 19.1 Å². The number of halogens is 1. The summed E-state index contributed by atoms with van der Waals surface area (Å²) < 4.78 is 10.4. The van der Waals surface area contributed by atoms with Gasteiger partial charge in [-0.25, -0.2) is 0 Å². The number of amides is 2. The second-order valence-electron chi connectivity index (χ2n) is 6.59. The zero-order valence-electron chi connectivity index (χ0n) is 16.8. The SMILES string of the molecule is CCOC(=O)CC(=O)C(=Cc1ccccc1Cl)OCCN1C(=O)c2ccccc2C1=O. The number of hydrogen-bond acceptors (Lipinski definition) is 6. The van der Waals surface area contributed by atoms with Crippen LogP contribution in [0.15, 0.2) is 54.3 Å². The highest BCUT2D eigenvalue weighted by molar-refractivity contribution is 6.32. The van der Waals surface area contributed by atoms with E-state index in [0.29, 0.717) is 21.7 Å². The molecule has 0 atom stereocenters. The Morgan fingerprint density at radius 1 is 0.968 bits per heavy atom. The van der Waals surface area contributed by atoms with Gasteiger partial charge in [0.25, 0.3) is 11.8 Å². The number of ether oxygens (including phenoxy) is 2. The maximum Gasteiger partial charge on any atom is 0.313 e. The van der Waals surface area contributed by atoms with E-state index in [4.69, 9.17) is 21.1 Å². The molecular weight excluding hydrogens is 422 g/mol. The minimum absolute atomic E-state index is 0.0567. The van der Waals surface area contributed by atoms with Gasteiger partial charge < -0.3 is 9.47 Å². The Hall–Kier alpha value is -3.45. The van der Waals surface area contributed by atoms with Gasteiger partial charge in [-0.1, -0.05) is 41.9 Å². The third-order valence-corrected chi connectivity index (χ3v) is 4.87. The largest absolute Gasteiger partial charge is 0.488 e. The number of carbonyl (C=O) groups is 4. The van der Waals surface area contributed by atoms with Crippen LogP contribution in [0.2, 0.25) is 5.02 Å². The van der Waals surface area contributed by atoms with Crippen molar-refractivity contribution in [2.24, 2.45) is 0 Å². The van der Waals surface area contributed by atoms with Gasteiger partial charge in [0, 0.05) is 5.02 Å². The standard InChI is InChI=1S/C23H20ClNO6/c1-2-30-21(27)14-19(26)20(13-15-7-3-6-10-18(15)24)31-12-11-25-22(28)16-8-4-5-9-17(16)23(25)29/h3-10,13H,2,11-12,14H2,1H3. The monoisotopic (exact) mass is 441 g/mol. The number of nitrogens with zero attached hydrogens (tertiary/aromatic N) is 1. The first-order chi connectivity index (χ1) is 14.9. The maximum absolute atomic E-state index is 12.6. The summed E-state index contributed by atoms with van der Waals surface area (Å²) >= 11 is 6.16. The molecule has 0 aromatic heterocycles. The van der Waals surface area contributed by atoms with Gasteiger partial charge in [0.2, 0.25) is 5.78 Å². The first-order valence-corrected chi connectivity index (χ1v) is 10.0. The van der Waals surface area contributed by atoms with E-state index < -0.39 is 30.0 Å². The van der Waals surface area contributed by atoms with Crippen LogP contribution in [0.3, 0.4) is 0 Å². The zero-order valence-corrected chi connectivity index (χ0v) is 17.6. The summed E-state index contributed by atoms with van der Waals surface area (Å²) in [5, 5.41) is 0.396. The number of benzene rings is 2. The Balaban J connectivity index is 1.73. The fourth-order valence-electron chi connectivity index (χ4n) is 3.06. The summed E-state index contributed by atoms with van der Waals surface area (Å²) in [5.41, 5.74) is 1.19. The van der Waals surface area contributed by atoms with E-state index in [-0.39, 0.29) is 25.5 Å². The molecule has 0 bridgehead atoms. The number of fused-ring (bicyclic) bond motifs is 1. The molecule has 3 rings (SSSR count). The first kappa shape index (κ1) is 22.2. The molecule has 160 valence electrons. The van der Waals surface area contributed by atoms with Crippen molar-refractivity contribution in [3.8, 4) is 0 Å². The maximum atomic E-state index is 12.6. The van der Waals surface area contributed by atoms with E-state index in [1.165, 1.54) is 6.08 Å². The number of carbonyl (C=O) groups excluding carboxylic acids is 4. The summed E-state index contributed by atoms with van der Waals surface area (Å²) in [7, 11) is 0. The molecular formula is C23H20ClNO6. The molecule has 7 nitrogen and oxygen atoms in total. The molecule has 0 fully saturated rings. The van der Waals surface area contributed by atoms with Crippen molar-refractivity contribution in [1.82, 2.24) is 4.90 Å². The summed E-state index contributed by atoms with van der Waals surface area (Å²) in [4.78, 5) is 50.3. The Kier molecular flexibility index (Phi) is 7.20. The Labute approximate surface area is 184 Å². The number of esters is 1. The number of imide groups is 1. The van der Waals surface area contributed by atoms with E-state index in [9.17, 15) is 19.2 Å². The topological polar surface area (TPSA) is 90.0 Å². The second-order valence-corrected chi connectivity index (χ2v) is 7.00. The first-order valence-electron chi connectivity index (χ1n) is 9.65. The van der Waals surface area contributed by atoms with Crippen molar-refractivity contribution < 1.29 is 28.7 Å². The second kappa shape index (κ2) is 10.0. The summed E-state index contributed by atoms with van der Waals surface area (Å²) in [6.07, 6.45) is 0.920. The fraction of sp³-hybridized carbons (Fsp3) is 0.217. The zero-order chi connectivity index (χ0) is 22.4.